The van der Waals surface area contributed by atoms with Crippen molar-refractivity contribution in [3.8, 4) is 0 Å². The largest absolute Gasteiger partial charge is 0.352 e. The fraction of sp³-hybridized carbons (Fsp3) is 0.556. The average Bonchev–Trinajstić information content (AvgIpc) is 3.19. The van der Waals surface area contributed by atoms with Gasteiger partial charge in [-0.1, -0.05) is 31.4 Å². The van der Waals surface area contributed by atoms with E-state index in [0.29, 0.717) is 17.9 Å². The number of rotatable bonds is 2. The summed E-state index contributed by atoms with van der Waals surface area (Å²) >= 11 is 0. The predicted molar refractivity (Wildman–Crippen MR) is 94.9 cm³/mol. The molecule has 1 aromatic carbocycles. The Labute approximate surface area is 148 Å². The van der Waals surface area contributed by atoms with Crippen LogP contribution in [0.1, 0.15) is 50.5 Å². The third-order valence-corrected chi connectivity index (χ3v) is 6.72. The Kier molecular flexibility index (Phi) is 4.27. The Hall–Kier alpha value is -1.89. The number of amidine groups is 1. The Bertz CT molecular complexity index is 813. The number of amides is 1. The summed E-state index contributed by atoms with van der Waals surface area (Å²) < 4.78 is 28.6. The van der Waals surface area contributed by atoms with Crippen molar-refractivity contribution in [1.29, 1.82) is 0 Å². The number of sulfonamides is 1. The molecule has 0 spiro atoms. The van der Waals surface area contributed by atoms with Gasteiger partial charge < -0.3 is 10.2 Å². The molecule has 1 saturated carbocycles. The highest BCUT2D eigenvalue weighted by atomic mass is 32.2. The van der Waals surface area contributed by atoms with E-state index >= 15 is 0 Å². The number of likely N-dealkylation sites (tertiary alicyclic amines) is 1. The zero-order chi connectivity index (χ0) is 17.4. The Balaban J connectivity index is 1.57. The number of benzene rings is 1. The second-order valence-corrected chi connectivity index (χ2v) is 8.65. The molecule has 25 heavy (non-hydrogen) atoms. The second kappa shape index (κ2) is 6.44. The lowest BCUT2D eigenvalue weighted by molar-refractivity contribution is -0.125. The van der Waals surface area contributed by atoms with Crippen molar-refractivity contribution in [2.75, 3.05) is 6.54 Å². The average molecular weight is 361 g/mol. The van der Waals surface area contributed by atoms with E-state index in [0.717, 1.165) is 38.5 Å². The molecule has 1 aliphatic carbocycles. The minimum absolute atomic E-state index is 0.00822. The van der Waals surface area contributed by atoms with Gasteiger partial charge in [-0.15, -0.1) is 4.40 Å². The molecule has 134 valence electrons. The summed E-state index contributed by atoms with van der Waals surface area (Å²) in [5.74, 6) is 0.436. The molecule has 1 aromatic rings. The van der Waals surface area contributed by atoms with Crippen molar-refractivity contribution >= 4 is 21.8 Å². The molecule has 0 unspecified atom stereocenters. The van der Waals surface area contributed by atoms with E-state index in [-0.39, 0.29) is 22.9 Å². The maximum absolute atomic E-state index is 12.8. The summed E-state index contributed by atoms with van der Waals surface area (Å²) in [6.07, 6.45) is 7.25. The first kappa shape index (κ1) is 16.6. The molecule has 0 radical (unpaired) electrons. The van der Waals surface area contributed by atoms with E-state index in [4.69, 9.17) is 0 Å². The standard InChI is InChI=1S/C18H23N3O3S/c22-18(19-13-7-2-1-3-8-13)15-10-6-12-21(15)17-14-9-4-5-11-16(14)25(23,24)20-17/h4-5,9,11,13,15H,1-3,6-8,10,12H2,(H,19,22)/t15-/m1/s1. The lowest BCUT2D eigenvalue weighted by Gasteiger charge is -2.29. The van der Waals surface area contributed by atoms with Gasteiger partial charge >= 0.3 is 0 Å². The topological polar surface area (TPSA) is 78.8 Å². The quantitative estimate of drug-likeness (QED) is 0.874. The third-order valence-electron chi connectivity index (χ3n) is 5.39. The smallest absolute Gasteiger partial charge is 0.285 e. The van der Waals surface area contributed by atoms with Gasteiger partial charge in [0.25, 0.3) is 10.0 Å². The van der Waals surface area contributed by atoms with Gasteiger partial charge in [0.1, 0.15) is 10.9 Å². The van der Waals surface area contributed by atoms with Crippen molar-refractivity contribution in [2.24, 2.45) is 4.40 Å². The van der Waals surface area contributed by atoms with Crippen molar-refractivity contribution in [1.82, 2.24) is 10.2 Å². The summed E-state index contributed by atoms with van der Waals surface area (Å²) in [7, 11) is -3.65. The van der Waals surface area contributed by atoms with Crippen LogP contribution in [0.3, 0.4) is 0 Å². The molecule has 2 aliphatic heterocycles. The molecule has 2 fully saturated rings. The predicted octanol–water partition coefficient (Wildman–Crippen LogP) is 2.05. The minimum Gasteiger partial charge on any atom is -0.352 e. The lowest BCUT2D eigenvalue weighted by Crippen LogP contribution is -2.49. The first-order valence-corrected chi connectivity index (χ1v) is 10.5. The lowest BCUT2D eigenvalue weighted by atomic mass is 9.95. The van der Waals surface area contributed by atoms with Crippen LogP contribution in [0.25, 0.3) is 0 Å². The fourth-order valence-electron chi connectivity index (χ4n) is 4.13. The number of carbonyl (C=O) groups is 1. The van der Waals surface area contributed by atoms with Crippen molar-refractivity contribution in [2.45, 2.75) is 61.9 Å². The van der Waals surface area contributed by atoms with Crippen LogP contribution in [0.2, 0.25) is 0 Å². The summed E-state index contributed by atoms with van der Waals surface area (Å²) in [6.45, 7) is 0.658. The van der Waals surface area contributed by atoms with Crippen LogP contribution in [-0.4, -0.2) is 43.7 Å². The van der Waals surface area contributed by atoms with E-state index in [1.165, 1.54) is 6.42 Å². The Morgan fingerprint density at radius 1 is 1.08 bits per heavy atom. The monoisotopic (exact) mass is 361 g/mol. The summed E-state index contributed by atoms with van der Waals surface area (Å²) in [6, 6.07) is 6.78. The van der Waals surface area contributed by atoms with E-state index in [1.807, 2.05) is 11.0 Å². The molecule has 0 aromatic heterocycles. The molecule has 1 saturated heterocycles. The molecule has 0 bridgehead atoms. The SMILES string of the molecule is O=C(NC1CCCCC1)[C@H]1CCCN1C1=NS(=O)(=O)c2ccccc21. The van der Waals surface area contributed by atoms with Gasteiger partial charge in [0, 0.05) is 18.2 Å². The molecule has 3 aliphatic rings. The molecule has 7 heteroatoms. The fourth-order valence-corrected chi connectivity index (χ4v) is 5.35. The van der Waals surface area contributed by atoms with Gasteiger partial charge in [0.15, 0.2) is 5.84 Å². The summed E-state index contributed by atoms with van der Waals surface area (Å²) in [5, 5.41) is 3.17. The van der Waals surface area contributed by atoms with Crippen LogP contribution in [-0.2, 0) is 14.8 Å². The zero-order valence-corrected chi connectivity index (χ0v) is 15.0. The second-order valence-electron chi connectivity index (χ2n) is 7.08. The van der Waals surface area contributed by atoms with Crippen LogP contribution >= 0.6 is 0 Å². The molecular formula is C18H23N3O3S. The van der Waals surface area contributed by atoms with Crippen LogP contribution in [0.4, 0.5) is 0 Å². The number of nitrogens with one attached hydrogen (secondary N) is 1. The maximum atomic E-state index is 12.8. The van der Waals surface area contributed by atoms with E-state index < -0.39 is 10.0 Å². The molecular weight excluding hydrogens is 338 g/mol. The molecule has 4 rings (SSSR count). The first-order valence-electron chi connectivity index (χ1n) is 9.08. The highest BCUT2D eigenvalue weighted by Gasteiger charge is 2.39. The zero-order valence-electron chi connectivity index (χ0n) is 14.1. The Morgan fingerprint density at radius 3 is 2.64 bits per heavy atom. The van der Waals surface area contributed by atoms with E-state index in [9.17, 15) is 13.2 Å². The minimum atomic E-state index is -3.65. The van der Waals surface area contributed by atoms with Gasteiger partial charge in [0.2, 0.25) is 5.91 Å². The molecule has 6 nitrogen and oxygen atoms in total. The third kappa shape index (κ3) is 3.05. The molecule has 1 N–H and O–H groups in total. The molecule has 1 atom stereocenters. The van der Waals surface area contributed by atoms with Crippen LogP contribution in [0.15, 0.2) is 33.6 Å². The van der Waals surface area contributed by atoms with Crippen molar-refractivity contribution < 1.29 is 13.2 Å². The number of fused-ring (bicyclic) bond motifs is 1. The van der Waals surface area contributed by atoms with Gasteiger partial charge in [-0.05, 0) is 37.8 Å². The number of hydrogen-bond donors (Lipinski definition) is 1. The summed E-state index contributed by atoms with van der Waals surface area (Å²) in [4.78, 5) is 14.9. The molecule has 2 heterocycles. The van der Waals surface area contributed by atoms with E-state index in [1.54, 1.807) is 18.2 Å². The van der Waals surface area contributed by atoms with Crippen molar-refractivity contribution in [3.05, 3.63) is 29.8 Å². The first-order chi connectivity index (χ1) is 12.1. The summed E-state index contributed by atoms with van der Waals surface area (Å²) in [5.41, 5.74) is 0.611. The number of carbonyl (C=O) groups excluding carboxylic acids is 1. The van der Waals surface area contributed by atoms with Gasteiger partial charge in [-0.2, -0.15) is 8.42 Å². The number of nitrogens with zero attached hydrogens (tertiary/aromatic N) is 2. The highest BCUT2D eigenvalue weighted by molar-refractivity contribution is 7.90. The van der Waals surface area contributed by atoms with Gasteiger partial charge in [0.05, 0.1) is 0 Å². The van der Waals surface area contributed by atoms with Crippen LogP contribution < -0.4 is 5.32 Å². The number of hydrogen-bond acceptors (Lipinski definition) is 4. The Morgan fingerprint density at radius 2 is 1.84 bits per heavy atom. The van der Waals surface area contributed by atoms with Crippen LogP contribution in [0.5, 0.6) is 0 Å². The van der Waals surface area contributed by atoms with Gasteiger partial charge in [-0.25, -0.2) is 0 Å². The normalized spacial score (nSPS) is 25.5. The van der Waals surface area contributed by atoms with Gasteiger partial charge in [-0.3, -0.25) is 4.79 Å². The van der Waals surface area contributed by atoms with E-state index in [2.05, 4.69) is 9.71 Å². The van der Waals surface area contributed by atoms with Crippen molar-refractivity contribution in [3.63, 3.8) is 0 Å². The maximum Gasteiger partial charge on any atom is 0.285 e. The van der Waals surface area contributed by atoms with Crippen LogP contribution in [0, 0.1) is 0 Å². The molecule has 1 amide bonds. The highest BCUT2D eigenvalue weighted by Crippen LogP contribution is 2.31.